The topological polar surface area (TPSA) is 89.3 Å². The van der Waals surface area contributed by atoms with Crippen LogP contribution < -0.4 is 11.1 Å². The van der Waals surface area contributed by atoms with Crippen LogP contribution in [0.5, 0.6) is 0 Å². The number of nitrogens with two attached hydrogens (primary N) is 1. The van der Waals surface area contributed by atoms with Crippen LogP contribution in [-0.2, 0) is 14.6 Å². The van der Waals surface area contributed by atoms with Gasteiger partial charge in [0, 0.05) is 11.4 Å². The normalized spacial score (nSPS) is 13.1. The molecule has 0 saturated carbocycles. The van der Waals surface area contributed by atoms with Crippen molar-refractivity contribution in [2.75, 3.05) is 16.8 Å². The number of benzene rings is 1. The Morgan fingerprint density at radius 2 is 2.11 bits per heavy atom. The van der Waals surface area contributed by atoms with Crippen molar-refractivity contribution in [2.24, 2.45) is 0 Å². The standard InChI is InChI=1S/C11H15ClN2O3S/c1-3-18(16,17)7(2)11(15)14-8-4-5-9(12)10(13)6-8/h4-7H,3,13H2,1-2H3,(H,14,15). The van der Waals surface area contributed by atoms with Gasteiger partial charge in [0.25, 0.3) is 0 Å². The van der Waals surface area contributed by atoms with Crippen LogP contribution in [0.2, 0.25) is 5.02 Å². The molecule has 1 aromatic carbocycles. The SMILES string of the molecule is CCS(=O)(=O)C(C)C(=O)Nc1ccc(Cl)c(N)c1. The molecular formula is C11H15ClN2O3S. The van der Waals surface area contributed by atoms with Gasteiger partial charge in [-0.2, -0.15) is 0 Å². The predicted molar refractivity (Wildman–Crippen MR) is 73.4 cm³/mol. The van der Waals surface area contributed by atoms with E-state index in [4.69, 9.17) is 17.3 Å². The largest absolute Gasteiger partial charge is 0.397 e. The van der Waals surface area contributed by atoms with E-state index in [1.807, 2.05) is 0 Å². The molecule has 7 heteroatoms. The zero-order valence-electron chi connectivity index (χ0n) is 10.1. The third-order valence-corrected chi connectivity index (χ3v) is 5.01. The predicted octanol–water partition coefficient (Wildman–Crippen LogP) is 1.68. The summed E-state index contributed by atoms with van der Waals surface area (Å²) in [5, 5.41) is 1.77. The molecule has 0 radical (unpaired) electrons. The highest BCUT2D eigenvalue weighted by Crippen LogP contribution is 2.22. The summed E-state index contributed by atoms with van der Waals surface area (Å²) < 4.78 is 23.1. The molecule has 1 aromatic rings. The average Bonchev–Trinajstić information content (AvgIpc) is 2.32. The van der Waals surface area contributed by atoms with E-state index in [1.54, 1.807) is 6.07 Å². The molecule has 0 aliphatic heterocycles. The molecule has 1 atom stereocenters. The van der Waals surface area contributed by atoms with Gasteiger partial charge < -0.3 is 11.1 Å². The van der Waals surface area contributed by atoms with Gasteiger partial charge in [0.15, 0.2) is 9.84 Å². The van der Waals surface area contributed by atoms with Crippen LogP contribution in [0.15, 0.2) is 18.2 Å². The van der Waals surface area contributed by atoms with Gasteiger partial charge in [-0.15, -0.1) is 0 Å². The van der Waals surface area contributed by atoms with E-state index >= 15 is 0 Å². The monoisotopic (exact) mass is 290 g/mol. The highest BCUT2D eigenvalue weighted by Gasteiger charge is 2.26. The summed E-state index contributed by atoms with van der Waals surface area (Å²) in [4.78, 5) is 11.8. The number of hydrogen-bond donors (Lipinski definition) is 2. The van der Waals surface area contributed by atoms with Gasteiger partial charge >= 0.3 is 0 Å². The minimum Gasteiger partial charge on any atom is -0.397 e. The van der Waals surface area contributed by atoms with Crippen molar-refractivity contribution in [3.05, 3.63) is 23.2 Å². The van der Waals surface area contributed by atoms with Crippen molar-refractivity contribution in [1.29, 1.82) is 0 Å². The second-order valence-corrected chi connectivity index (χ2v) is 6.84. The van der Waals surface area contributed by atoms with Crippen LogP contribution in [0, 0.1) is 0 Å². The van der Waals surface area contributed by atoms with E-state index in [1.165, 1.54) is 26.0 Å². The van der Waals surface area contributed by atoms with Crippen molar-refractivity contribution in [3.63, 3.8) is 0 Å². The Labute approximate surface area is 111 Å². The number of sulfone groups is 1. The maximum Gasteiger partial charge on any atom is 0.242 e. The first-order chi connectivity index (χ1) is 8.27. The highest BCUT2D eigenvalue weighted by molar-refractivity contribution is 7.92. The van der Waals surface area contributed by atoms with Gasteiger partial charge in [-0.3, -0.25) is 4.79 Å². The van der Waals surface area contributed by atoms with E-state index in [2.05, 4.69) is 5.32 Å². The van der Waals surface area contributed by atoms with Gasteiger partial charge in [0.2, 0.25) is 5.91 Å². The van der Waals surface area contributed by atoms with Gasteiger partial charge in [-0.25, -0.2) is 8.42 Å². The van der Waals surface area contributed by atoms with Gasteiger partial charge in [0.05, 0.1) is 10.7 Å². The summed E-state index contributed by atoms with van der Waals surface area (Å²) in [6.45, 7) is 2.85. The zero-order chi connectivity index (χ0) is 13.9. The lowest BCUT2D eigenvalue weighted by atomic mass is 10.2. The minimum absolute atomic E-state index is 0.0790. The summed E-state index contributed by atoms with van der Waals surface area (Å²) in [6, 6.07) is 4.57. The van der Waals surface area contributed by atoms with E-state index in [0.717, 1.165) is 0 Å². The van der Waals surface area contributed by atoms with E-state index in [-0.39, 0.29) is 5.75 Å². The molecule has 0 aliphatic carbocycles. The lowest BCUT2D eigenvalue weighted by Crippen LogP contribution is -2.33. The second-order valence-electron chi connectivity index (χ2n) is 3.82. The molecule has 0 saturated heterocycles. The molecule has 0 spiro atoms. The Bertz CT molecular complexity index is 557. The number of anilines is 2. The molecule has 0 bridgehead atoms. The van der Waals surface area contributed by atoms with E-state index in [0.29, 0.717) is 16.4 Å². The van der Waals surface area contributed by atoms with Crippen LogP contribution in [0.4, 0.5) is 11.4 Å². The highest BCUT2D eigenvalue weighted by atomic mass is 35.5. The fourth-order valence-corrected chi connectivity index (χ4v) is 2.28. The number of amides is 1. The number of rotatable bonds is 4. The number of hydrogen-bond acceptors (Lipinski definition) is 4. The third kappa shape index (κ3) is 3.36. The number of halogens is 1. The van der Waals surface area contributed by atoms with Crippen molar-refractivity contribution >= 4 is 38.7 Å². The summed E-state index contributed by atoms with van der Waals surface area (Å²) in [6.07, 6.45) is 0. The van der Waals surface area contributed by atoms with E-state index in [9.17, 15) is 13.2 Å². The Morgan fingerprint density at radius 1 is 1.50 bits per heavy atom. The maximum atomic E-state index is 11.8. The van der Waals surface area contributed by atoms with Gasteiger partial charge in [0.1, 0.15) is 5.25 Å². The first-order valence-electron chi connectivity index (χ1n) is 5.35. The van der Waals surface area contributed by atoms with Crippen LogP contribution in [0.25, 0.3) is 0 Å². The van der Waals surface area contributed by atoms with Crippen molar-refractivity contribution in [2.45, 2.75) is 19.1 Å². The first-order valence-corrected chi connectivity index (χ1v) is 7.44. The zero-order valence-corrected chi connectivity index (χ0v) is 11.7. The molecule has 1 amide bonds. The lowest BCUT2D eigenvalue weighted by Gasteiger charge is -2.12. The molecule has 100 valence electrons. The average molecular weight is 291 g/mol. The minimum atomic E-state index is -3.41. The fraction of sp³-hybridized carbons (Fsp3) is 0.364. The second kappa shape index (κ2) is 5.58. The molecule has 0 heterocycles. The molecule has 0 aromatic heterocycles. The molecular weight excluding hydrogens is 276 g/mol. The van der Waals surface area contributed by atoms with Crippen LogP contribution >= 0.6 is 11.6 Å². The van der Waals surface area contributed by atoms with Crippen molar-refractivity contribution < 1.29 is 13.2 Å². The first kappa shape index (κ1) is 14.8. The van der Waals surface area contributed by atoms with Gasteiger partial charge in [-0.05, 0) is 25.1 Å². The summed E-state index contributed by atoms with van der Waals surface area (Å²) in [5.41, 5.74) is 6.32. The number of nitrogens with one attached hydrogen (secondary N) is 1. The molecule has 18 heavy (non-hydrogen) atoms. The Hall–Kier alpha value is -1.27. The number of carbonyl (C=O) groups is 1. The molecule has 0 fully saturated rings. The van der Waals surface area contributed by atoms with Crippen molar-refractivity contribution in [1.82, 2.24) is 0 Å². The Morgan fingerprint density at radius 3 is 2.61 bits per heavy atom. The Kier molecular flexibility index (Phi) is 4.59. The molecule has 1 rings (SSSR count). The summed E-state index contributed by atoms with van der Waals surface area (Å²) in [7, 11) is -3.41. The van der Waals surface area contributed by atoms with Crippen LogP contribution in [-0.4, -0.2) is 25.3 Å². The molecule has 1 unspecified atom stereocenters. The van der Waals surface area contributed by atoms with Crippen molar-refractivity contribution in [3.8, 4) is 0 Å². The Balaban J connectivity index is 2.85. The molecule has 5 nitrogen and oxygen atoms in total. The fourth-order valence-electron chi connectivity index (χ4n) is 1.28. The van der Waals surface area contributed by atoms with Crippen LogP contribution in [0.1, 0.15) is 13.8 Å². The maximum absolute atomic E-state index is 11.8. The smallest absolute Gasteiger partial charge is 0.242 e. The lowest BCUT2D eigenvalue weighted by molar-refractivity contribution is -0.115. The summed E-state index contributed by atoms with van der Waals surface area (Å²) >= 11 is 5.74. The van der Waals surface area contributed by atoms with Gasteiger partial charge in [-0.1, -0.05) is 18.5 Å². The number of nitrogen functional groups attached to an aromatic ring is 1. The molecule has 3 N–H and O–H groups in total. The van der Waals surface area contributed by atoms with Crippen LogP contribution in [0.3, 0.4) is 0 Å². The molecule has 0 aliphatic rings. The number of carbonyl (C=O) groups excluding carboxylic acids is 1. The quantitative estimate of drug-likeness (QED) is 0.826. The summed E-state index contributed by atoms with van der Waals surface area (Å²) in [5.74, 6) is -0.664. The van der Waals surface area contributed by atoms with E-state index < -0.39 is 21.0 Å². The third-order valence-electron chi connectivity index (χ3n) is 2.57.